The van der Waals surface area contributed by atoms with E-state index in [9.17, 15) is 0 Å². The van der Waals surface area contributed by atoms with Crippen molar-refractivity contribution in [1.29, 1.82) is 0 Å². The van der Waals surface area contributed by atoms with Gasteiger partial charge in [0.1, 0.15) is 0 Å². The molecule has 0 fully saturated rings. The number of nitrogens with two attached hydrogens (primary N) is 1. The molecular weight excluding hydrogens is 212 g/mol. The lowest BCUT2D eigenvalue weighted by molar-refractivity contribution is 0.185. The smallest absolute Gasteiger partial charge is 0.0733 e. The number of fused-ring (bicyclic) bond motifs is 1. The second kappa shape index (κ2) is 4.90. The fraction of sp³-hybridized carbons (Fsp3) is 0.429. The van der Waals surface area contributed by atoms with E-state index in [2.05, 4.69) is 42.8 Å². The zero-order chi connectivity index (χ0) is 12.4. The molecule has 1 heterocycles. The molecule has 0 amide bonds. The van der Waals surface area contributed by atoms with Gasteiger partial charge in [0, 0.05) is 42.4 Å². The van der Waals surface area contributed by atoms with E-state index in [4.69, 9.17) is 10.5 Å². The van der Waals surface area contributed by atoms with Gasteiger partial charge in [0.15, 0.2) is 0 Å². The number of hydrogen-bond donors (Lipinski definition) is 1. The van der Waals surface area contributed by atoms with Crippen molar-refractivity contribution in [2.45, 2.75) is 33.0 Å². The Balaban J connectivity index is 2.63. The molecule has 0 radical (unpaired) electrons. The summed E-state index contributed by atoms with van der Waals surface area (Å²) in [5.41, 5.74) is 9.34. The van der Waals surface area contributed by atoms with Crippen molar-refractivity contribution in [3.63, 3.8) is 0 Å². The second-order valence-corrected chi connectivity index (χ2v) is 4.64. The molecule has 0 atom stereocenters. The highest BCUT2D eigenvalue weighted by atomic mass is 16.5. The number of rotatable bonds is 4. The lowest BCUT2D eigenvalue weighted by Gasteiger charge is -2.09. The van der Waals surface area contributed by atoms with Crippen molar-refractivity contribution < 1.29 is 4.74 Å². The van der Waals surface area contributed by atoms with Gasteiger partial charge in [-0.25, -0.2) is 0 Å². The number of nitrogens with zero attached hydrogens (tertiary/aromatic N) is 1. The summed E-state index contributed by atoms with van der Waals surface area (Å²) in [5, 5.41) is 1.25. The quantitative estimate of drug-likeness (QED) is 0.880. The fourth-order valence-electron chi connectivity index (χ4n) is 2.20. The molecule has 0 saturated heterocycles. The summed E-state index contributed by atoms with van der Waals surface area (Å²) in [4.78, 5) is 0. The van der Waals surface area contributed by atoms with E-state index >= 15 is 0 Å². The maximum Gasteiger partial charge on any atom is 0.0733 e. The zero-order valence-corrected chi connectivity index (χ0v) is 10.7. The maximum absolute atomic E-state index is 5.69. The van der Waals surface area contributed by atoms with Crippen LogP contribution in [-0.4, -0.2) is 11.7 Å². The van der Waals surface area contributed by atoms with Gasteiger partial charge in [0.05, 0.1) is 6.61 Å². The van der Waals surface area contributed by atoms with Crippen LogP contribution in [0.3, 0.4) is 0 Å². The molecule has 92 valence electrons. The Morgan fingerprint density at radius 1 is 1.35 bits per heavy atom. The summed E-state index contributed by atoms with van der Waals surface area (Å²) in [7, 11) is 1.73. The van der Waals surface area contributed by atoms with Gasteiger partial charge in [-0.3, -0.25) is 0 Å². The van der Waals surface area contributed by atoms with Gasteiger partial charge in [-0.2, -0.15) is 0 Å². The zero-order valence-electron chi connectivity index (χ0n) is 10.7. The number of aromatic nitrogens is 1. The maximum atomic E-state index is 5.69. The third-order valence-corrected chi connectivity index (χ3v) is 3.07. The van der Waals surface area contributed by atoms with Crippen LogP contribution in [0.4, 0.5) is 0 Å². The molecule has 0 aliphatic carbocycles. The molecule has 0 bridgehead atoms. The van der Waals surface area contributed by atoms with Crippen molar-refractivity contribution in [3.8, 4) is 0 Å². The Morgan fingerprint density at radius 3 is 2.71 bits per heavy atom. The molecule has 2 rings (SSSR count). The van der Waals surface area contributed by atoms with E-state index in [-0.39, 0.29) is 0 Å². The van der Waals surface area contributed by atoms with Crippen LogP contribution >= 0.6 is 0 Å². The predicted octanol–water partition coefficient (Wildman–Crippen LogP) is 2.83. The molecule has 2 aromatic rings. The van der Waals surface area contributed by atoms with E-state index in [1.807, 2.05) is 0 Å². The first kappa shape index (κ1) is 12.1. The third kappa shape index (κ3) is 2.21. The molecule has 0 saturated carbocycles. The van der Waals surface area contributed by atoms with E-state index in [1.165, 1.54) is 16.5 Å². The topological polar surface area (TPSA) is 40.2 Å². The summed E-state index contributed by atoms with van der Waals surface area (Å²) < 4.78 is 7.54. The van der Waals surface area contributed by atoms with Crippen molar-refractivity contribution in [1.82, 2.24) is 4.57 Å². The number of ether oxygens (including phenoxy) is 1. The molecule has 2 N–H and O–H groups in total. The SMILES string of the molecule is COCc1cn(C(C)C)c2ccc(CN)cc12. The first-order valence-corrected chi connectivity index (χ1v) is 5.98. The normalized spacial score (nSPS) is 11.6. The Kier molecular flexibility index (Phi) is 3.50. The average Bonchev–Trinajstić information content (AvgIpc) is 2.68. The van der Waals surface area contributed by atoms with E-state index in [0.717, 1.165) is 5.56 Å². The number of hydrogen-bond acceptors (Lipinski definition) is 2. The Bertz CT molecular complexity index is 514. The molecule has 3 nitrogen and oxygen atoms in total. The van der Waals surface area contributed by atoms with Crippen LogP contribution in [0.25, 0.3) is 10.9 Å². The molecule has 1 aromatic carbocycles. The highest BCUT2D eigenvalue weighted by molar-refractivity contribution is 5.84. The largest absolute Gasteiger partial charge is 0.380 e. The van der Waals surface area contributed by atoms with Crippen LogP contribution < -0.4 is 5.73 Å². The Morgan fingerprint density at radius 2 is 2.12 bits per heavy atom. The van der Waals surface area contributed by atoms with E-state index in [1.54, 1.807) is 7.11 Å². The summed E-state index contributed by atoms with van der Waals surface area (Å²) in [5.74, 6) is 0. The molecule has 0 aliphatic heterocycles. The van der Waals surface area contributed by atoms with Gasteiger partial charge in [-0.15, -0.1) is 0 Å². The fourth-order valence-corrected chi connectivity index (χ4v) is 2.20. The van der Waals surface area contributed by atoms with Gasteiger partial charge >= 0.3 is 0 Å². The van der Waals surface area contributed by atoms with Crippen LogP contribution in [0.5, 0.6) is 0 Å². The van der Waals surface area contributed by atoms with Gasteiger partial charge in [0.2, 0.25) is 0 Å². The van der Waals surface area contributed by atoms with Crippen molar-refractivity contribution in [2.75, 3.05) is 7.11 Å². The van der Waals surface area contributed by atoms with Crippen LogP contribution in [0.1, 0.15) is 31.0 Å². The molecule has 17 heavy (non-hydrogen) atoms. The van der Waals surface area contributed by atoms with Gasteiger partial charge < -0.3 is 15.0 Å². The molecule has 0 spiro atoms. The van der Waals surface area contributed by atoms with Crippen molar-refractivity contribution >= 4 is 10.9 Å². The molecule has 3 heteroatoms. The minimum Gasteiger partial charge on any atom is -0.380 e. The summed E-state index contributed by atoms with van der Waals surface area (Å²) in [6.07, 6.45) is 2.18. The predicted molar refractivity (Wildman–Crippen MR) is 70.9 cm³/mol. The highest BCUT2D eigenvalue weighted by Gasteiger charge is 2.10. The summed E-state index contributed by atoms with van der Waals surface area (Å²) >= 11 is 0. The van der Waals surface area contributed by atoms with Crippen LogP contribution in [-0.2, 0) is 17.9 Å². The van der Waals surface area contributed by atoms with E-state index in [0.29, 0.717) is 19.2 Å². The number of benzene rings is 1. The average molecular weight is 232 g/mol. The lowest BCUT2D eigenvalue weighted by atomic mass is 10.1. The molecule has 1 aromatic heterocycles. The minimum atomic E-state index is 0.451. The third-order valence-electron chi connectivity index (χ3n) is 3.07. The summed E-state index contributed by atoms with van der Waals surface area (Å²) in [6.45, 7) is 5.60. The van der Waals surface area contributed by atoms with Crippen LogP contribution in [0.15, 0.2) is 24.4 Å². The van der Waals surface area contributed by atoms with Crippen molar-refractivity contribution in [3.05, 3.63) is 35.5 Å². The second-order valence-electron chi connectivity index (χ2n) is 4.64. The van der Waals surface area contributed by atoms with Crippen LogP contribution in [0, 0.1) is 0 Å². The lowest BCUT2D eigenvalue weighted by Crippen LogP contribution is -1.99. The molecular formula is C14H20N2O. The molecule has 0 unspecified atom stereocenters. The van der Waals surface area contributed by atoms with Crippen molar-refractivity contribution in [2.24, 2.45) is 5.73 Å². The Hall–Kier alpha value is -1.32. The van der Waals surface area contributed by atoms with Crippen LogP contribution in [0.2, 0.25) is 0 Å². The first-order valence-electron chi connectivity index (χ1n) is 5.98. The molecule has 0 aliphatic rings. The number of methoxy groups -OCH3 is 1. The summed E-state index contributed by atoms with van der Waals surface area (Å²) in [6, 6.07) is 6.86. The minimum absolute atomic E-state index is 0.451. The highest BCUT2D eigenvalue weighted by Crippen LogP contribution is 2.26. The Labute approximate surface area is 102 Å². The van der Waals surface area contributed by atoms with Gasteiger partial charge in [-0.05, 0) is 31.5 Å². The van der Waals surface area contributed by atoms with Gasteiger partial charge in [0.25, 0.3) is 0 Å². The van der Waals surface area contributed by atoms with Gasteiger partial charge in [-0.1, -0.05) is 6.07 Å². The standard InChI is InChI=1S/C14H20N2O/c1-10(2)16-8-12(9-17-3)13-6-11(7-15)4-5-14(13)16/h4-6,8,10H,7,9,15H2,1-3H3. The van der Waals surface area contributed by atoms with E-state index < -0.39 is 0 Å². The first-order chi connectivity index (χ1) is 8.17. The monoisotopic (exact) mass is 232 g/mol.